The maximum absolute atomic E-state index is 4.82. The Kier molecular flexibility index (Phi) is 4.22. The van der Waals surface area contributed by atoms with Gasteiger partial charge in [-0.2, -0.15) is 0 Å². The van der Waals surface area contributed by atoms with Crippen molar-refractivity contribution in [3.05, 3.63) is 0 Å². The molecule has 2 rings (SSSR count). The van der Waals surface area contributed by atoms with Gasteiger partial charge in [-0.1, -0.05) is 26.2 Å². The lowest BCUT2D eigenvalue weighted by Crippen LogP contribution is -2.16. The lowest BCUT2D eigenvalue weighted by atomic mass is 9.87. The summed E-state index contributed by atoms with van der Waals surface area (Å²) in [6.07, 6.45) is 14.9. The van der Waals surface area contributed by atoms with E-state index in [2.05, 4.69) is 13.1 Å². The molecule has 2 aliphatic carbocycles. The summed E-state index contributed by atoms with van der Waals surface area (Å²) in [5, 5.41) is 0. The Balaban J connectivity index is 1.73. The molecule has 0 atom stereocenters. The van der Waals surface area contributed by atoms with E-state index in [-0.39, 0.29) is 0 Å². The predicted molar refractivity (Wildman–Crippen MR) is 66.5 cm³/mol. The third kappa shape index (κ3) is 3.62. The summed E-state index contributed by atoms with van der Waals surface area (Å²) in [7, 11) is 0. The lowest BCUT2D eigenvalue weighted by Gasteiger charge is -2.24. The molecule has 2 fully saturated rings. The average molecular weight is 207 g/mol. The van der Waals surface area contributed by atoms with Gasteiger partial charge in [-0.05, 0) is 50.4 Å². The molecule has 86 valence electrons. The van der Waals surface area contributed by atoms with Crippen molar-refractivity contribution in [2.45, 2.75) is 70.8 Å². The van der Waals surface area contributed by atoms with Crippen molar-refractivity contribution < 1.29 is 0 Å². The molecular formula is C14H25N. The van der Waals surface area contributed by atoms with Gasteiger partial charge in [0.25, 0.3) is 0 Å². The molecule has 0 N–H and O–H groups in total. The first kappa shape index (κ1) is 11.2. The molecular weight excluding hydrogens is 182 g/mol. The number of aliphatic imine (C=N–C) groups is 1. The summed E-state index contributed by atoms with van der Waals surface area (Å²) in [6, 6.07) is 0.670. The van der Waals surface area contributed by atoms with Gasteiger partial charge in [-0.15, -0.1) is 0 Å². The smallest absolute Gasteiger partial charge is 0.0496 e. The molecule has 0 unspecified atom stereocenters. The van der Waals surface area contributed by atoms with Gasteiger partial charge in [0.2, 0.25) is 0 Å². The van der Waals surface area contributed by atoms with Crippen molar-refractivity contribution in [2.75, 3.05) is 0 Å². The molecule has 1 heteroatoms. The van der Waals surface area contributed by atoms with Crippen molar-refractivity contribution in [1.82, 2.24) is 0 Å². The SMILES string of the molecule is CC1CCC(N=CC2CCCCC2)CC1. The van der Waals surface area contributed by atoms with E-state index in [4.69, 9.17) is 4.99 Å². The van der Waals surface area contributed by atoms with E-state index in [1.165, 1.54) is 57.8 Å². The zero-order valence-electron chi connectivity index (χ0n) is 10.1. The first-order chi connectivity index (χ1) is 7.34. The van der Waals surface area contributed by atoms with E-state index in [9.17, 15) is 0 Å². The highest BCUT2D eigenvalue weighted by Gasteiger charge is 2.17. The largest absolute Gasteiger partial charge is 0.294 e. The molecule has 0 radical (unpaired) electrons. The fraction of sp³-hybridized carbons (Fsp3) is 0.929. The number of nitrogens with zero attached hydrogens (tertiary/aromatic N) is 1. The van der Waals surface area contributed by atoms with Crippen LogP contribution < -0.4 is 0 Å². The Morgan fingerprint density at radius 2 is 1.53 bits per heavy atom. The van der Waals surface area contributed by atoms with Crippen LogP contribution in [0, 0.1) is 11.8 Å². The minimum Gasteiger partial charge on any atom is -0.294 e. The van der Waals surface area contributed by atoms with E-state index in [1.54, 1.807) is 0 Å². The molecule has 0 aliphatic heterocycles. The number of rotatable bonds is 2. The van der Waals surface area contributed by atoms with Gasteiger partial charge in [-0.3, -0.25) is 4.99 Å². The monoisotopic (exact) mass is 207 g/mol. The highest BCUT2D eigenvalue weighted by molar-refractivity contribution is 5.61. The second-order valence-corrected chi connectivity index (χ2v) is 5.61. The van der Waals surface area contributed by atoms with Crippen LogP contribution in [0.15, 0.2) is 4.99 Å². The molecule has 0 aromatic heterocycles. The Morgan fingerprint density at radius 3 is 2.20 bits per heavy atom. The Labute approximate surface area is 94.4 Å². The normalized spacial score (nSPS) is 34.7. The first-order valence-corrected chi connectivity index (χ1v) is 6.88. The van der Waals surface area contributed by atoms with Crippen LogP contribution in [0.25, 0.3) is 0 Å². The molecule has 0 heterocycles. The number of hydrogen-bond acceptors (Lipinski definition) is 1. The summed E-state index contributed by atoms with van der Waals surface area (Å²) in [5.41, 5.74) is 0. The van der Waals surface area contributed by atoms with E-state index in [0.29, 0.717) is 6.04 Å². The summed E-state index contributed by atoms with van der Waals surface area (Å²) >= 11 is 0. The maximum atomic E-state index is 4.82. The Morgan fingerprint density at radius 1 is 0.867 bits per heavy atom. The highest BCUT2D eigenvalue weighted by Crippen LogP contribution is 2.26. The van der Waals surface area contributed by atoms with Crippen LogP contribution in [0.3, 0.4) is 0 Å². The molecule has 0 aromatic carbocycles. The molecule has 2 aliphatic rings. The molecule has 0 saturated heterocycles. The van der Waals surface area contributed by atoms with Crippen molar-refractivity contribution >= 4 is 6.21 Å². The van der Waals surface area contributed by atoms with E-state index in [0.717, 1.165) is 11.8 Å². The van der Waals surface area contributed by atoms with E-state index < -0.39 is 0 Å². The second kappa shape index (κ2) is 5.67. The van der Waals surface area contributed by atoms with Crippen LogP contribution in [0.1, 0.15) is 64.7 Å². The highest BCUT2D eigenvalue weighted by atomic mass is 14.8. The summed E-state index contributed by atoms with van der Waals surface area (Å²) < 4.78 is 0. The summed E-state index contributed by atoms with van der Waals surface area (Å²) in [4.78, 5) is 4.82. The average Bonchev–Trinajstić information content (AvgIpc) is 2.30. The van der Waals surface area contributed by atoms with Gasteiger partial charge in [0.05, 0.1) is 0 Å². The van der Waals surface area contributed by atoms with Gasteiger partial charge in [0.1, 0.15) is 0 Å². The Hall–Kier alpha value is -0.330. The molecule has 0 spiro atoms. The van der Waals surface area contributed by atoms with Crippen molar-refractivity contribution in [2.24, 2.45) is 16.8 Å². The van der Waals surface area contributed by atoms with E-state index in [1.807, 2.05) is 0 Å². The quantitative estimate of drug-likeness (QED) is 0.601. The summed E-state index contributed by atoms with van der Waals surface area (Å²) in [5.74, 6) is 1.77. The third-order valence-electron chi connectivity index (χ3n) is 4.14. The lowest BCUT2D eigenvalue weighted by molar-refractivity contribution is 0.348. The maximum Gasteiger partial charge on any atom is 0.0496 e. The van der Waals surface area contributed by atoms with Crippen molar-refractivity contribution in [3.63, 3.8) is 0 Å². The fourth-order valence-corrected chi connectivity index (χ4v) is 2.92. The zero-order chi connectivity index (χ0) is 10.5. The van der Waals surface area contributed by atoms with Crippen molar-refractivity contribution in [1.29, 1.82) is 0 Å². The minimum atomic E-state index is 0.670. The first-order valence-electron chi connectivity index (χ1n) is 6.88. The molecule has 0 amide bonds. The predicted octanol–water partition coefficient (Wildman–Crippen LogP) is 4.22. The van der Waals surface area contributed by atoms with Crippen LogP contribution in [0.2, 0.25) is 0 Å². The topological polar surface area (TPSA) is 12.4 Å². The van der Waals surface area contributed by atoms with Gasteiger partial charge >= 0.3 is 0 Å². The van der Waals surface area contributed by atoms with Gasteiger partial charge in [0.15, 0.2) is 0 Å². The number of hydrogen-bond donors (Lipinski definition) is 0. The van der Waals surface area contributed by atoms with Gasteiger partial charge in [0, 0.05) is 12.3 Å². The standard InChI is InChI=1S/C14H25N/c1-12-7-9-14(10-8-12)15-11-13-5-3-2-4-6-13/h11-14H,2-10H2,1H3. The molecule has 2 saturated carbocycles. The Bertz CT molecular complexity index is 195. The van der Waals surface area contributed by atoms with E-state index >= 15 is 0 Å². The third-order valence-corrected chi connectivity index (χ3v) is 4.14. The van der Waals surface area contributed by atoms with Gasteiger partial charge < -0.3 is 0 Å². The molecule has 1 nitrogen and oxygen atoms in total. The van der Waals surface area contributed by atoms with Crippen LogP contribution in [-0.2, 0) is 0 Å². The molecule has 0 bridgehead atoms. The van der Waals surface area contributed by atoms with Crippen LogP contribution in [-0.4, -0.2) is 12.3 Å². The molecule has 15 heavy (non-hydrogen) atoms. The van der Waals surface area contributed by atoms with Crippen LogP contribution >= 0.6 is 0 Å². The minimum absolute atomic E-state index is 0.670. The van der Waals surface area contributed by atoms with Crippen molar-refractivity contribution in [3.8, 4) is 0 Å². The van der Waals surface area contributed by atoms with Gasteiger partial charge in [-0.25, -0.2) is 0 Å². The zero-order valence-corrected chi connectivity index (χ0v) is 10.1. The van der Waals surface area contributed by atoms with Crippen LogP contribution in [0.5, 0.6) is 0 Å². The second-order valence-electron chi connectivity index (χ2n) is 5.61. The summed E-state index contributed by atoms with van der Waals surface area (Å²) in [6.45, 7) is 2.38. The molecule has 0 aromatic rings. The fourth-order valence-electron chi connectivity index (χ4n) is 2.92. The van der Waals surface area contributed by atoms with Crippen LogP contribution in [0.4, 0.5) is 0 Å².